The van der Waals surface area contributed by atoms with Gasteiger partial charge in [0.1, 0.15) is 56.3 Å². The van der Waals surface area contributed by atoms with Gasteiger partial charge in [0.05, 0.1) is 25.4 Å². The molecule has 0 radical (unpaired) electrons. The van der Waals surface area contributed by atoms with E-state index >= 15 is 0 Å². The predicted octanol–water partition coefficient (Wildman–Crippen LogP) is 1.09. The zero-order valence-electron chi connectivity index (χ0n) is 39.7. The minimum Gasteiger partial charge on any atom is -0.856 e. The fourth-order valence-corrected chi connectivity index (χ4v) is 11.0. The van der Waals surface area contributed by atoms with Gasteiger partial charge in [-0.15, -0.1) is 0 Å². The average Bonchev–Trinajstić information content (AvgIpc) is 4.19. The maximum atomic E-state index is 12.8. The smallest absolute Gasteiger partial charge is 0.481 e. The number of hydrogen-bond donors (Lipinski definition) is 8. The number of nitrogens with two attached hydrogens (primary N) is 2. The summed E-state index contributed by atoms with van der Waals surface area (Å²) >= 11 is 11.8. The summed E-state index contributed by atoms with van der Waals surface area (Å²) in [6.45, 7) is 3.08. The first kappa shape index (κ1) is 56.6. The second-order valence-corrected chi connectivity index (χ2v) is 22.5. The Kier molecular flexibility index (Phi) is 17.2. The molecule has 0 bridgehead atoms. The van der Waals surface area contributed by atoms with Crippen LogP contribution in [0.15, 0.2) is 79.9 Å². The lowest BCUT2D eigenvalue weighted by Crippen LogP contribution is -2.42. The molecule has 5 aromatic heterocycles. The molecule has 10 N–H and O–H groups in total. The lowest BCUT2D eigenvalue weighted by Gasteiger charge is -2.17. The maximum Gasteiger partial charge on any atom is 0.481 e. The number of aromatic nitrogens is 10. The van der Waals surface area contributed by atoms with E-state index in [1.807, 2.05) is 0 Å². The Bertz CT molecular complexity index is 3300. The minimum atomic E-state index is -5.32. The number of hydrogen-bond acceptors (Lipinski definition) is 21. The minimum absolute atomic E-state index is 0.0961. The van der Waals surface area contributed by atoms with Crippen LogP contribution in [0.25, 0.3) is 22.3 Å². The first-order valence-electron chi connectivity index (χ1n) is 22.5. The van der Waals surface area contributed by atoms with Gasteiger partial charge in [0.2, 0.25) is 0 Å². The number of aliphatic hydroxyl groups excluding tert-OH is 2. The molecule has 2 saturated heterocycles. The molecule has 35 heteroatoms. The van der Waals surface area contributed by atoms with Crippen molar-refractivity contribution < 1.29 is 95.1 Å². The third kappa shape index (κ3) is 13.2. The SMILES string of the molecule is C[C@@H]1[C@H](O)[C@@H](COP(=O)(O)OP(=O)(O)O)O[C@H]1[n+]1cn(CCOc2ccc(Cl)cc2)c2c([O-])nc(N)nc21.C[C@@H]1[C@H](O)[C@@H](COP(=O)(O)n2ccnc2)O[C@H]1[n+]1cn(CCOc2ccc(Cl)cc2)c2c([O-])nc(N)nc21. The van der Waals surface area contributed by atoms with Crippen LogP contribution in [0, 0.1) is 11.8 Å². The van der Waals surface area contributed by atoms with Crippen molar-refractivity contribution in [1.82, 2.24) is 38.4 Å². The fourth-order valence-electron chi connectivity index (χ4n) is 8.22. The van der Waals surface area contributed by atoms with E-state index in [0.717, 1.165) is 10.7 Å². The molecule has 0 amide bonds. The van der Waals surface area contributed by atoms with Crippen molar-refractivity contribution in [3.63, 3.8) is 0 Å². The monoisotopic (exact) mass is 1160 g/mol. The molecule has 7 aromatic rings. The summed E-state index contributed by atoms with van der Waals surface area (Å²) in [6.07, 6.45) is 0.734. The summed E-state index contributed by atoms with van der Waals surface area (Å²) < 4.78 is 79.2. The number of halogens is 2. The molecule has 7 heterocycles. The highest BCUT2D eigenvalue weighted by molar-refractivity contribution is 7.60. The number of nitrogen functional groups attached to an aromatic ring is 2. The summed E-state index contributed by atoms with van der Waals surface area (Å²) in [7, 11) is -14.7. The molecule has 2 unspecified atom stereocenters. The van der Waals surface area contributed by atoms with E-state index < -0.39 is 90.5 Å². The molecule has 0 spiro atoms. The molecular weight excluding hydrogens is 1110 g/mol. The molecular formula is C41H49Cl2N12O18P3. The Morgan fingerprint density at radius 3 is 1.54 bits per heavy atom. The van der Waals surface area contributed by atoms with E-state index in [1.165, 1.54) is 27.9 Å². The van der Waals surface area contributed by atoms with E-state index in [1.54, 1.807) is 77.8 Å². The van der Waals surface area contributed by atoms with Gasteiger partial charge in [0, 0.05) is 46.0 Å². The normalized spacial score (nSPS) is 23.3. The number of ether oxygens (including phenoxy) is 4. The van der Waals surface area contributed by atoms with Crippen LogP contribution >= 0.6 is 46.6 Å². The first-order valence-corrected chi connectivity index (χ1v) is 27.8. The van der Waals surface area contributed by atoms with Crippen molar-refractivity contribution in [3.8, 4) is 23.3 Å². The van der Waals surface area contributed by atoms with Gasteiger partial charge in [-0.1, -0.05) is 47.0 Å². The highest BCUT2D eigenvalue weighted by Gasteiger charge is 2.48. The molecule has 0 aliphatic carbocycles. The van der Waals surface area contributed by atoms with Crippen molar-refractivity contribution >= 4 is 80.8 Å². The van der Waals surface area contributed by atoms with E-state index in [-0.39, 0.29) is 67.1 Å². The van der Waals surface area contributed by atoms with Gasteiger partial charge in [0.15, 0.2) is 36.1 Å². The van der Waals surface area contributed by atoms with Crippen molar-refractivity contribution in [3.05, 3.63) is 90.0 Å². The molecule has 9 rings (SSSR count). The van der Waals surface area contributed by atoms with Crippen LogP contribution in [-0.2, 0) is 49.6 Å². The topological polar surface area (TPSA) is 422 Å². The summed E-state index contributed by atoms with van der Waals surface area (Å²) in [5.74, 6) is -1.72. The second kappa shape index (κ2) is 23.1. The zero-order chi connectivity index (χ0) is 54.9. The van der Waals surface area contributed by atoms with Crippen molar-refractivity contribution in [2.45, 2.75) is 63.8 Å². The number of rotatable bonds is 19. The summed E-state index contributed by atoms with van der Waals surface area (Å²) in [4.78, 5) is 56.8. The van der Waals surface area contributed by atoms with Crippen LogP contribution in [0.5, 0.6) is 23.3 Å². The van der Waals surface area contributed by atoms with E-state index in [9.17, 15) is 43.9 Å². The van der Waals surface area contributed by atoms with Gasteiger partial charge < -0.3 is 70.4 Å². The van der Waals surface area contributed by atoms with Gasteiger partial charge in [-0.2, -0.15) is 4.31 Å². The number of phosphoric ester groups is 1. The van der Waals surface area contributed by atoms with Crippen molar-refractivity contribution in [2.24, 2.45) is 11.8 Å². The summed E-state index contributed by atoms with van der Waals surface area (Å²) in [5, 5.41) is 48.1. The third-order valence-electron chi connectivity index (χ3n) is 11.8. The van der Waals surface area contributed by atoms with Gasteiger partial charge in [-0.3, -0.25) is 18.2 Å². The van der Waals surface area contributed by atoms with Crippen LogP contribution in [-0.4, -0.2) is 119 Å². The van der Waals surface area contributed by atoms with Crippen molar-refractivity contribution in [2.75, 3.05) is 37.9 Å². The lowest BCUT2D eigenvalue weighted by molar-refractivity contribution is -0.745. The largest absolute Gasteiger partial charge is 0.856 e. The maximum absolute atomic E-state index is 12.8. The molecule has 10 atom stereocenters. The Morgan fingerprint density at radius 1 is 0.697 bits per heavy atom. The average molecular weight is 1160 g/mol. The van der Waals surface area contributed by atoms with Gasteiger partial charge in [0.25, 0.3) is 11.9 Å². The van der Waals surface area contributed by atoms with E-state index in [4.69, 9.17) is 67.9 Å². The zero-order valence-corrected chi connectivity index (χ0v) is 43.9. The Labute approximate surface area is 439 Å². The summed E-state index contributed by atoms with van der Waals surface area (Å²) in [5.41, 5.74) is 12.1. The molecule has 2 aliphatic heterocycles. The summed E-state index contributed by atoms with van der Waals surface area (Å²) in [6, 6.07) is 13.6. The van der Waals surface area contributed by atoms with Gasteiger partial charge in [-0.25, -0.2) is 42.1 Å². The molecule has 2 aliphatic rings. The molecule has 30 nitrogen and oxygen atoms in total. The number of aliphatic hydroxyl groups is 2. The van der Waals surface area contributed by atoms with Gasteiger partial charge in [-0.05, 0) is 48.5 Å². The molecule has 76 heavy (non-hydrogen) atoms. The fraction of sp³-hybridized carbons (Fsp3) is 0.390. The van der Waals surface area contributed by atoms with E-state index in [2.05, 4.69) is 33.8 Å². The highest BCUT2D eigenvalue weighted by Crippen LogP contribution is 2.58. The lowest BCUT2D eigenvalue weighted by atomic mass is 10.0. The Morgan fingerprint density at radius 2 is 1.13 bits per heavy atom. The highest BCUT2D eigenvalue weighted by atomic mass is 35.5. The third-order valence-corrected chi connectivity index (χ3v) is 15.8. The molecule has 410 valence electrons. The predicted molar refractivity (Wildman–Crippen MR) is 258 cm³/mol. The van der Waals surface area contributed by atoms with Crippen LogP contribution in [0.2, 0.25) is 10.0 Å². The Balaban J connectivity index is 0.000000201. The Hall–Kier alpha value is -5.62. The molecule has 0 saturated carbocycles. The van der Waals surface area contributed by atoms with Gasteiger partial charge >= 0.3 is 34.7 Å². The van der Waals surface area contributed by atoms with Crippen LogP contribution in [0.1, 0.15) is 26.3 Å². The quantitative estimate of drug-likeness (QED) is 0.0415. The number of nitrogens with zero attached hydrogens (tertiary/aromatic N) is 10. The number of anilines is 2. The van der Waals surface area contributed by atoms with Crippen LogP contribution in [0.3, 0.4) is 0 Å². The van der Waals surface area contributed by atoms with Crippen molar-refractivity contribution in [1.29, 1.82) is 0 Å². The number of benzene rings is 2. The number of phosphoric acid groups is 2. The number of fused-ring (bicyclic) bond motifs is 2. The standard InChI is InChI=1S/C22H25ClN7O7P.C19H24ClN5O11P2/c1-13-18(31)16(10-36-38(33,34)29-7-6-25-11-29)37-21(13)30-12-28(17-19(30)26-22(24)27-20(17)32)8-9-35-15-4-2-14(23)3-5-15;1-10-15(26)13(8-34-38(31,32)36-37(28,29)30)35-18(10)25-9-24(14-16(25)22-19(21)23-17(14)27)6-7-33-12-4-2-11(20)3-5-12/h2-7,11-13,16,18,21,31H,8-10H2,1H3,(H3-,24,26,27,32,33,34);2-5,9-10,13,15,18,26H,6-8H2,1H3,(H5-,21,22,23,27,28,29,30,31,32)/t13-,16-,18+,21-;10-,13-,15+,18-/m11/s1. The van der Waals surface area contributed by atoms with Crippen LogP contribution < -0.4 is 40.3 Å². The number of imidazole rings is 3. The molecule has 2 aromatic carbocycles. The van der Waals surface area contributed by atoms with E-state index in [0.29, 0.717) is 21.5 Å². The first-order chi connectivity index (χ1) is 35.9. The van der Waals surface area contributed by atoms with Crippen LogP contribution in [0.4, 0.5) is 11.9 Å². The second-order valence-electron chi connectivity index (χ2n) is 17.1. The molecule has 2 fully saturated rings.